The molecule has 12 aromatic heterocycles. The van der Waals surface area contributed by atoms with Crippen molar-refractivity contribution in [2.24, 2.45) is 0 Å². The maximum absolute atomic E-state index is 5.37. The van der Waals surface area contributed by atoms with Crippen LogP contribution in [0.4, 0.5) is 0 Å². The molecule has 0 atom stereocenters. The summed E-state index contributed by atoms with van der Waals surface area (Å²) in [5, 5.41) is 22.2. The minimum absolute atomic E-state index is 0.822. The average Bonchev–Trinajstić information content (AvgIpc) is 1.55. The van der Waals surface area contributed by atoms with Crippen LogP contribution in [0.25, 0.3) is 254 Å². The van der Waals surface area contributed by atoms with E-state index in [9.17, 15) is 0 Å². The molecule has 18 aromatic carbocycles. The van der Waals surface area contributed by atoms with Gasteiger partial charge in [-0.05, 0) is 193 Å². The Kier molecular flexibility index (Phi) is 17.8. The molecule has 0 amide bonds. The van der Waals surface area contributed by atoms with Crippen LogP contribution in [0.2, 0.25) is 0 Å². The second-order valence-corrected chi connectivity index (χ2v) is 35.4. The van der Waals surface area contributed by atoms with Crippen LogP contribution in [0.5, 0.6) is 0 Å². The second kappa shape index (κ2) is 31.5. The van der Waals surface area contributed by atoms with E-state index in [1.807, 2.05) is 0 Å². The van der Waals surface area contributed by atoms with Crippen molar-refractivity contribution >= 4 is 185 Å². The van der Waals surface area contributed by atoms with Crippen molar-refractivity contribution in [2.45, 2.75) is 0 Å². The van der Waals surface area contributed by atoms with E-state index in [0.29, 0.717) is 0 Å². The number of pyridine rings is 4. The van der Waals surface area contributed by atoms with E-state index in [1.165, 1.54) is 130 Å². The van der Waals surface area contributed by atoms with Gasteiger partial charge in [-0.25, -0.2) is 19.9 Å². The third kappa shape index (κ3) is 12.0. The minimum Gasteiger partial charge on any atom is -0.309 e. The molecule has 0 fully saturated rings. The number of aromatic nitrogens is 12. The molecule has 12 heterocycles. The van der Waals surface area contributed by atoms with Gasteiger partial charge in [-0.1, -0.05) is 303 Å². The molecule has 0 aliphatic rings. The van der Waals surface area contributed by atoms with Gasteiger partial charge in [-0.3, -0.25) is 22.8 Å². The lowest BCUT2D eigenvalue weighted by Crippen LogP contribution is -2.03. The van der Waals surface area contributed by atoms with Gasteiger partial charge >= 0.3 is 0 Å². The van der Waals surface area contributed by atoms with Crippen LogP contribution in [0.1, 0.15) is 0 Å². The highest BCUT2D eigenvalue weighted by molar-refractivity contribution is 6.32. The van der Waals surface area contributed by atoms with Crippen molar-refractivity contribution in [3.8, 4) is 68.8 Å². The fourth-order valence-corrected chi connectivity index (χ4v) is 22.4. The van der Waals surface area contributed by atoms with Gasteiger partial charge in [0, 0.05) is 109 Å². The number of hydrogen-bond acceptors (Lipinski definition) is 4. The van der Waals surface area contributed by atoms with Gasteiger partial charge in [0.25, 0.3) is 0 Å². The molecule has 0 N–H and O–H groups in total. The van der Waals surface area contributed by atoms with Gasteiger partial charge < -0.3 is 13.7 Å². The standard InChI is InChI=1S/C46H29N5.C41H26N4.C39H25N3/c1-2-14-30(15-3-1)49-39-24-10-6-18-33(39)45-41(49)28-29-42-46(45)34-19-7-11-25-40(34)51(42)44-27-13-21-36(48-44)35-20-12-26-43(47-35)50-37-22-8-4-16-31(37)32-17-5-9-23-38(32)50;1-2-13-27(14-3-1)43-34-21-10-6-17-30(34)40-36(43)25-26-37-41(40)31-18-7-11-22-35(31)45(37)39-24-12-23-38(42-39)44-32-19-8-4-15-28(32)29-16-5-9-20-33(29)44;1-2-14-27(15-3-1)41-33-21-8-6-17-30(33)38-35(41)24-25-36-39(38)31-18-7-9-22-34(31)42(36)37-23-11-20-32(40-37)29-19-10-13-26-12-4-5-16-28(26)29/h1-29H;1-26H;1-25H. The van der Waals surface area contributed by atoms with E-state index in [-0.39, 0.29) is 0 Å². The number of hydrogen-bond donors (Lipinski definition) is 0. The predicted molar refractivity (Wildman–Crippen MR) is 574 cm³/mol. The molecule has 30 rings (SSSR count). The molecule has 644 valence electrons. The molecule has 12 heteroatoms. The van der Waals surface area contributed by atoms with Crippen molar-refractivity contribution < 1.29 is 0 Å². The van der Waals surface area contributed by atoms with E-state index in [0.717, 1.165) is 124 Å². The van der Waals surface area contributed by atoms with E-state index in [1.54, 1.807) is 0 Å². The number of para-hydroxylation sites is 13. The maximum Gasteiger partial charge on any atom is 0.140 e. The predicted octanol–water partition coefficient (Wildman–Crippen LogP) is 31.9. The van der Waals surface area contributed by atoms with Gasteiger partial charge in [0.05, 0.1) is 105 Å². The van der Waals surface area contributed by atoms with Crippen LogP contribution in [-0.4, -0.2) is 56.5 Å². The van der Waals surface area contributed by atoms with Crippen LogP contribution in [0.3, 0.4) is 0 Å². The number of fused-ring (bicyclic) bond motifs is 28. The van der Waals surface area contributed by atoms with Crippen molar-refractivity contribution in [1.29, 1.82) is 0 Å². The number of nitrogens with zero attached hydrogens (tertiary/aromatic N) is 12. The van der Waals surface area contributed by atoms with Crippen LogP contribution in [0, 0.1) is 0 Å². The van der Waals surface area contributed by atoms with Crippen molar-refractivity contribution in [3.05, 3.63) is 485 Å². The highest BCUT2D eigenvalue weighted by Gasteiger charge is 2.28. The third-order valence-electron chi connectivity index (χ3n) is 28.0. The van der Waals surface area contributed by atoms with Crippen LogP contribution in [0.15, 0.2) is 485 Å². The van der Waals surface area contributed by atoms with Crippen LogP contribution >= 0.6 is 0 Å². The SMILES string of the molecule is c1ccc(-n2c3ccccc3c3c4c5ccccc5n(-c5cccc(-c6cccc(-n7c8ccccc8c8ccccc87)n6)n5)c4ccc32)cc1.c1ccc(-n2c3ccccc3c3c4c5ccccc5n(-c5cccc(-c6cccc7ccccc67)n5)c4ccc32)cc1.c1ccc(-n2c3ccccc3c3c4c5ccccc5n(-c5cccc(-n6c7ccccc7c7ccccc76)n5)c4ccc32)cc1. The monoisotopic (exact) mass is 1760 g/mol. The first-order valence-electron chi connectivity index (χ1n) is 46.9. The third-order valence-corrected chi connectivity index (χ3v) is 28.0. The highest BCUT2D eigenvalue weighted by Crippen LogP contribution is 2.48. The molecule has 0 bridgehead atoms. The normalized spacial score (nSPS) is 11.9. The van der Waals surface area contributed by atoms with Crippen molar-refractivity contribution in [1.82, 2.24) is 56.5 Å². The zero-order chi connectivity index (χ0) is 90.6. The molecule has 0 spiro atoms. The second-order valence-electron chi connectivity index (χ2n) is 35.4. The summed E-state index contributed by atoms with van der Waals surface area (Å²) in [4.78, 5) is 21.2. The van der Waals surface area contributed by atoms with E-state index in [4.69, 9.17) is 19.9 Å². The molecule has 0 radical (unpaired) electrons. The molecule has 0 unspecified atom stereocenters. The minimum atomic E-state index is 0.822. The Labute approximate surface area is 790 Å². The first-order chi connectivity index (χ1) is 68.6. The van der Waals surface area contributed by atoms with Gasteiger partial charge in [0.1, 0.15) is 29.1 Å². The Bertz CT molecular complexity index is 10100. The quantitative estimate of drug-likeness (QED) is 0.136. The van der Waals surface area contributed by atoms with E-state index in [2.05, 4.69) is 522 Å². The van der Waals surface area contributed by atoms with E-state index >= 15 is 0 Å². The maximum atomic E-state index is 5.37. The Morgan fingerprint density at radius 1 is 0.116 bits per heavy atom. The Morgan fingerprint density at radius 2 is 0.312 bits per heavy atom. The Morgan fingerprint density at radius 3 is 0.616 bits per heavy atom. The molecule has 30 aromatic rings. The topological polar surface area (TPSA) is 91.0 Å². The average molecular weight is 1760 g/mol. The Balaban J connectivity index is 0.000000103. The first kappa shape index (κ1) is 77.9. The Hall–Kier alpha value is -18.8. The summed E-state index contributed by atoms with van der Waals surface area (Å²) < 4.78 is 18.6. The molecule has 0 saturated carbocycles. The number of benzene rings is 18. The fourth-order valence-electron chi connectivity index (χ4n) is 22.4. The summed E-state index contributed by atoms with van der Waals surface area (Å²) in [7, 11) is 0. The lowest BCUT2D eigenvalue weighted by Gasteiger charge is -2.12. The molecule has 138 heavy (non-hydrogen) atoms. The lowest BCUT2D eigenvalue weighted by atomic mass is 10.0. The molecular weight excluding hydrogens is 1680 g/mol. The largest absolute Gasteiger partial charge is 0.309 e. The smallest absolute Gasteiger partial charge is 0.140 e. The first-order valence-corrected chi connectivity index (χ1v) is 46.9. The van der Waals surface area contributed by atoms with Crippen LogP contribution < -0.4 is 0 Å². The highest BCUT2D eigenvalue weighted by atomic mass is 15.1. The molecule has 12 nitrogen and oxygen atoms in total. The van der Waals surface area contributed by atoms with Crippen molar-refractivity contribution in [2.75, 3.05) is 0 Å². The zero-order valence-corrected chi connectivity index (χ0v) is 74.6. The van der Waals surface area contributed by atoms with Crippen molar-refractivity contribution in [3.63, 3.8) is 0 Å². The summed E-state index contributed by atoms with van der Waals surface area (Å²) in [5.74, 6) is 4.43. The molecule has 0 saturated heterocycles. The van der Waals surface area contributed by atoms with Gasteiger partial charge in [0.2, 0.25) is 0 Å². The summed E-state index contributed by atoms with van der Waals surface area (Å²) in [6.45, 7) is 0. The summed E-state index contributed by atoms with van der Waals surface area (Å²) in [6, 6.07) is 172. The fraction of sp³-hybridized carbons (Fsp3) is 0. The summed E-state index contributed by atoms with van der Waals surface area (Å²) in [6.07, 6.45) is 0. The molecular formula is C126H80N12. The van der Waals surface area contributed by atoms with Gasteiger partial charge in [-0.2, -0.15) is 0 Å². The van der Waals surface area contributed by atoms with Crippen LogP contribution in [-0.2, 0) is 0 Å². The number of rotatable bonds is 10. The molecule has 0 aliphatic heterocycles. The van der Waals surface area contributed by atoms with Gasteiger partial charge in [0.15, 0.2) is 0 Å². The zero-order valence-electron chi connectivity index (χ0n) is 74.6. The summed E-state index contributed by atoms with van der Waals surface area (Å²) in [5.41, 5.74) is 25.8. The summed E-state index contributed by atoms with van der Waals surface area (Å²) >= 11 is 0. The van der Waals surface area contributed by atoms with Gasteiger partial charge in [-0.15, -0.1) is 0 Å². The lowest BCUT2D eigenvalue weighted by molar-refractivity contribution is 1.01. The molecule has 0 aliphatic carbocycles. The van der Waals surface area contributed by atoms with E-state index < -0.39 is 0 Å².